The molecule has 3 aromatic rings. The van der Waals surface area contributed by atoms with Crippen molar-refractivity contribution < 1.29 is 46.1 Å². The molecule has 3 rings (SSSR count). The Balaban J connectivity index is 1.57. The van der Waals surface area contributed by atoms with Crippen LogP contribution in [0.4, 0.5) is 28.9 Å². The molecule has 3 aromatic carbocycles. The smallest absolute Gasteiger partial charge is 0.461 e. The van der Waals surface area contributed by atoms with Crippen molar-refractivity contribution in [2.75, 3.05) is 25.2 Å². The Hall–Kier alpha value is -4.74. The zero-order chi connectivity index (χ0) is 28.6. The third kappa shape index (κ3) is 8.12. The Labute approximate surface area is 220 Å². The normalized spacial score (nSPS) is 11.4. The molecule has 0 aliphatic carbocycles. The highest BCUT2D eigenvalue weighted by Gasteiger charge is 2.43. The van der Waals surface area contributed by atoms with E-state index in [1.54, 1.807) is 24.3 Å². The van der Waals surface area contributed by atoms with Gasteiger partial charge >= 0.3 is 24.5 Å². The molecule has 39 heavy (non-hydrogen) atoms. The fourth-order valence-electron chi connectivity index (χ4n) is 3.21. The summed E-state index contributed by atoms with van der Waals surface area (Å²) in [5.41, 5.74) is 13.9. The van der Waals surface area contributed by atoms with Crippen LogP contribution in [0.5, 0.6) is 17.2 Å². The number of nitrogen functional groups attached to an aromatic ring is 2. The maximum absolute atomic E-state index is 13.0. The van der Waals surface area contributed by atoms with Crippen LogP contribution in [-0.2, 0) is 16.0 Å². The average molecular weight is 548 g/mol. The minimum atomic E-state index is -4.67. The van der Waals surface area contributed by atoms with Crippen LogP contribution in [-0.4, -0.2) is 38.2 Å². The molecule has 0 saturated heterocycles. The largest absolute Gasteiger partial charge is 0.493 e. The Morgan fingerprint density at radius 3 is 2.33 bits per heavy atom. The first-order chi connectivity index (χ1) is 18.5. The first-order valence-corrected chi connectivity index (χ1v) is 11.3. The maximum Gasteiger partial charge on any atom is 0.461 e. The molecule has 0 fully saturated rings. The maximum atomic E-state index is 13.0. The molecule has 0 aromatic heterocycles. The van der Waals surface area contributed by atoms with Crippen LogP contribution < -0.4 is 25.7 Å². The molecular formula is C27H24F4N2O6. The number of halogens is 4. The first-order valence-electron chi connectivity index (χ1n) is 11.3. The second-order valence-corrected chi connectivity index (χ2v) is 8.00. The molecule has 12 heteroatoms. The summed E-state index contributed by atoms with van der Waals surface area (Å²) in [6.07, 6.45) is -5.58. The zero-order valence-corrected chi connectivity index (χ0v) is 20.5. The van der Waals surface area contributed by atoms with E-state index in [2.05, 4.69) is 4.74 Å². The van der Waals surface area contributed by atoms with Crippen molar-refractivity contribution in [2.24, 2.45) is 0 Å². The molecule has 0 atom stereocenters. The highest BCUT2D eigenvalue weighted by atomic mass is 19.3. The van der Waals surface area contributed by atoms with Crippen LogP contribution in [0, 0.1) is 0 Å². The topological polar surface area (TPSA) is 123 Å². The molecule has 0 aliphatic rings. The average Bonchev–Trinajstić information content (AvgIpc) is 2.89. The van der Waals surface area contributed by atoms with Gasteiger partial charge in [0.05, 0.1) is 19.3 Å². The van der Waals surface area contributed by atoms with Gasteiger partial charge in [0.2, 0.25) is 0 Å². The number of esters is 2. The van der Waals surface area contributed by atoms with Crippen LogP contribution >= 0.6 is 0 Å². The van der Waals surface area contributed by atoms with E-state index < -0.39 is 30.2 Å². The summed E-state index contributed by atoms with van der Waals surface area (Å²) in [6, 6.07) is 13.6. The van der Waals surface area contributed by atoms with E-state index >= 15 is 0 Å². The van der Waals surface area contributed by atoms with E-state index in [1.807, 2.05) is 0 Å². The molecule has 0 aliphatic heterocycles. The Bertz CT molecular complexity index is 1350. The van der Waals surface area contributed by atoms with Crippen molar-refractivity contribution in [3.63, 3.8) is 0 Å². The second kappa shape index (κ2) is 12.7. The summed E-state index contributed by atoms with van der Waals surface area (Å²) in [6.45, 7) is 0.108. The molecule has 0 bridgehead atoms. The lowest BCUT2D eigenvalue weighted by molar-refractivity contribution is -0.253. The minimum Gasteiger partial charge on any atom is -0.493 e. The fourth-order valence-corrected chi connectivity index (χ4v) is 3.21. The molecule has 0 heterocycles. The Kier molecular flexibility index (Phi) is 9.37. The standard InChI is InChI=1S/C27H24F4N2O6/c1-36-23-14-16(3-11-24(34)37-13-12-17-4-7-19(32)15-21(17)33)2-10-22(23)38-25(35)18-5-8-20(9-6-18)39-27(30,31)26(28)29/h2-11,14-15,26H,12-13,32-33H2,1H3. The lowest BCUT2D eigenvalue weighted by atomic mass is 10.1. The number of methoxy groups -OCH3 is 1. The summed E-state index contributed by atoms with van der Waals surface area (Å²) < 4.78 is 70.2. The summed E-state index contributed by atoms with van der Waals surface area (Å²) in [5, 5.41) is 0. The molecule has 4 N–H and O–H groups in total. The van der Waals surface area contributed by atoms with E-state index in [-0.39, 0.29) is 23.7 Å². The van der Waals surface area contributed by atoms with Crippen LogP contribution in [0.3, 0.4) is 0 Å². The number of anilines is 2. The number of alkyl halides is 4. The highest BCUT2D eigenvalue weighted by Crippen LogP contribution is 2.30. The predicted molar refractivity (Wildman–Crippen MR) is 135 cm³/mol. The van der Waals surface area contributed by atoms with Gasteiger partial charge in [-0.2, -0.15) is 17.6 Å². The van der Waals surface area contributed by atoms with Gasteiger partial charge < -0.3 is 30.4 Å². The van der Waals surface area contributed by atoms with Crippen molar-refractivity contribution in [3.05, 3.63) is 83.4 Å². The quantitative estimate of drug-likeness (QED) is 0.111. The molecule has 0 unspecified atom stereocenters. The van der Waals surface area contributed by atoms with Crippen LogP contribution in [0.2, 0.25) is 0 Å². The Morgan fingerprint density at radius 2 is 1.69 bits per heavy atom. The summed E-state index contributed by atoms with van der Waals surface area (Å²) in [7, 11) is 1.34. The van der Waals surface area contributed by atoms with Gasteiger partial charge in [-0.25, -0.2) is 9.59 Å². The van der Waals surface area contributed by atoms with E-state index in [1.165, 1.54) is 31.4 Å². The van der Waals surface area contributed by atoms with E-state index in [0.29, 0.717) is 23.4 Å². The summed E-state index contributed by atoms with van der Waals surface area (Å²) >= 11 is 0. The van der Waals surface area contributed by atoms with Gasteiger partial charge in [0.15, 0.2) is 11.5 Å². The van der Waals surface area contributed by atoms with Gasteiger partial charge in [-0.3, -0.25) is 0 Å². The second-order valence-electron chi connectivity index (χ2n) is 8.00. The van der Waals surface area contributed by atoms with Crippen LogP contribution in [0.25, 0.3) is 6.08 Å². The number of carbonyl (C=O) groups excluding carboxylic acids is 2. The SMILES string of the molecule is COc1cc(C=CC(=O)OCCc2ccc(N)cc2N)ccc1OC(=O)c1ccc(OC(F)(F)C(F)F)cc1. The molecule has 0 amide bonds. The Morgan fingerprint density at radius 1 is 0.974 bits per heavy atom. The van der Waals surface area contributed by atoms with Crippen molar-refractivity contribution in [3.8, 4) is 17.2 Å². The number of hydrogen-bond acceptors (Lipinski definition) is 8. The number of rotatable bonds is 11. The molecule has 8 nitrogen and oxygen atoms in total. The number of ether oxygens (including phenoxy) is 4. The molecular weight excluding hydrogens is 524 g/mol. The summed E-state index contributed by atoms with van der Waals surface area (Å²) in [5.74, 6) is -1.81. The number of hydrogen-bond donors (Lipinski definition) is 2. The number of carbonyl (C=O) groups is 2. The third-order valence-corrected chi connectivity index (χ3v) is 5.19. The highest BCUT2D eigenvalue weighted by molar-refractivity contribution is 5.91. The molecule has 0 spiro atoms. The van der Waals surface area contributed by atoms with Gasteiger partial charge in [-0.1, -0.05) is 12.1 Å². The lowest BCUT2D eigenvalue weighted by Gasteiger charge is -2.16. The lowest BCUT2D eigenvalue weighted by Crippen LogP contribution is -2.33. The number of nitrogens with two attached hydrogens (primary N) is 2. The van der Waals surface area contributed by atoms with Crippen LogP contribution in [0.15, 0.2) is 66.7 Å². The van der Waals surface area contributed by atoms with E-state index in [4.69, 9.17) is 25.7 Å². The number of benzene rings is 3. The van der Waals surface area contributed by atoms with Crippen LogP contribution in [0.1, 0.15) is 21.5 Å². The zero-order valence-electron chi connectivity index (χ0n) is 20.5. The van der Waals surface area contributed by atoms with Gasteiger partial charge in [-0.15, -0.1) is 0 Å². The van der Waals surface area contributed by atoms with Gasteiger partial charge in [0.1, 0.15) is 5.75 Å². The van der Waals surface area contributed by atoms with Crippen molar-refractivity contribution >= 4 is 29.4 Å². The van der Waals surface area contributed by atoms with Crippen molar-refractivity contribution in [2.45, 2.75) is 19.0 Å². The van der Waals surface area contributed by atoms with Crippen molar-refractivity contribution in [1.82, 2.24) is 0 Å². The van der Waals surface area contributed by atoms with Gasteiger partial charge in [0.25, 0.3) is 0 Å². The van der Waals surface area contributed by atoms with E-state index in [9.17, 15) is 27.2 Å². The van der Waals surface area contributed by atoms with Crippen molar-refractivity contribution in [1.29, 1.82) is 0 Å². The van der Waals surface area contributed by atoms with E-state index in [0.717, 1.165) is 29.8 Å². The first kappa shape index (κ1) is 28.8. The third-order valence-electron chi connectivity index (χ3n) is 5.19. The monoisotopic (exact) mass is 548 g/mol. The summed E-state index contributed by atoms with van der Waals surface area (Å²) in [4.78, 5) is 24.5. The fraction of sp³-hybridized carbons (Fsp3) is 0.185. The predicted octanol–water partition coefficient (Wildman–Crippen LogP) is 5.11. The molecule has 0 saturated carbocycles. The molecule has 206 valence electrons. The van der Waals surface area contributed by atoms with Gasteiger partial charge in [-0.05, 0) is 65.7 Å². The van der Waals surface area contributed by atoms with Gasteiger partial charge in [0, 0.05) is 23.9 Å². The molecule has 0 radical (unpaired) electrons. The minimum absolute atomic E-state index is 0.0351.